The Morgan fingerprint density at radius 2 is 1.57 bits per heavy atom. The number of sulfonamides is 1. The first kappa shape index (κ1) is 23.9. The van der Waals surface area contributed by atoms with Crippen molar-refractivity contribution in [3.8, 4) is 5.75 Å². The lowest BCUT2D eigenvalue weighted by Gasteiger charge is -2.08. The molecule has 10 heteroatoms. The highest BCUT2D eigenvalue weighted by Crippen LogP contribution is 2.17. The van der Waals surface area contributed by atoms with Crippen molar-refractivity contribution in [1.29, 1.82) is 0 Å². The van der Waals surface area contributed by atoms with Gasteiger partial charge in [-0.2, -0.15) is 5.10 Å². The molecule has 0 aliphatic heterocycles. The van der Waals surface area contributed by atoms with Gasteiger partial charge in [0.05, 0.1) is 11.1 Å². The number of ether oxygens (including phenoxy) is 1. The van der Waals surface area contributed by atoms with Gasteiger partial charge in [-0.1, -0.05) is 24.3 Å². The zero-order chi connectivity index (χ0) is 24.7. The third-order valence-electron chi connectivity index (χ3n) is 4.65. The Balaban J connectivity index is 1.30. The molecule has 0 saturated heterocycles. The summed E-state index contributed by atoms with van der Waals surface area (Å²) < 4.78 is 32.5. The van der Waals surface area contributed by atoms with E-state index in [1.54, 1.807) is 60.0 Å². The molecule has 176 valence electrons. The summed E-state index contributed by atoms with van der Waals surface area (Å²) in [5.41, 5.74) is 3.73. The van der Waals surface area contributed by atoms with Crippen LogP contribution in [0.5, 0.6) is 5.75 Å². The van der Waals surface area contributed by atoms with Gasteiger partial charge in [-0.3, -0.25) is 9.52 Å². The van der Waals surface area contributed by atoms with Crippen LogP contribution >= 0.6 is 11.3 Å². The molecular formula is C25H19N3O5S2. The Labute approximate surface area is 206 Å². The van der Waals surface area contributed by atoms with E-state index in [0.29, 0.717) is 27.4 Å². The van der Waals surface area contributed by atoms with Crippen LogP contribution in [0, 0.1) is 0 Å². The van der Waals surface area contributed by atoms with Crippen molar-refractivity contribution in [3.05, 3.63) is 112 Å². The fourth-order valence-corrected chi connectivity index (χ4v) is 4.59. The third-order valence-corrected chi connectivity index (χ3v) is 6.89. The third kappa shape index (κ3) is 6.40. The van der Waals surface area contributed by atoms with E-state index >= 15 is 0 Å². The number of hydrogen-bond donors (Lipinski definition) is 2. The molecular weight excluding hydrogens is 486 g/mol. The number of esters is 1. The molecule has 4 aromatic rings. The zero-order valence-corrected chi connectivity index (χ0v) is 19.8. The highest BCUT2D eigenvalue weighted by molar-refractivity contribution is 7.92. The molecule has 0 bridgehead atoms. The molecule has 4 rings (SSSR count). The molecule has 2 N–H and O–H groups in total. The second kappa shape index (κ2) is 10.8. The topological polar surface area (TPSA) is 114 Å². The highest BCUT2D eigenvalue weighted by atomic mass is 32.2. The minimum atomic E-state index is -3.71. The van der Waals surface area contributed by atoms with Crippen LogP contribution in [0.4, 0.5) is 5.69 Å². The largest absolute Gasteiger partial charge is 0.422 e. The number of carbonyl (C=O) groups is 2. The van der Waals surface area contributed by atoms with E-state index in [-0.39, 0.29) is 4.90 Å². The predicted octanol–water partition coefficient (Wildman–Crippen LogP) is 4.53. The number of benzene rings is 3. The molecule has 0 spiro atoms. The van der Waals surface area contributed by atoms with Crippen molar-refractivity contribution in [2.45, 2.75) is 4.90 Å². The first-order valence-corrected chi connectivity index (χ1v) is 12.6. The molecule has 0 saturated carbocycles. The number of carbonyl (C=O) groups excluding carboxylic acids is 2. The standard InChI is InChI=1S/C25H19N3O5S2/c29-24(19-10-12-20(13-11-19)28-35(31,32)22-5-2-1-3-6-22)27-26-17-18-8-14-21(15-9-18)33-25(30)23-7-4-16-34-23/h1-17,28H,(H,27,29)/b26-17+. The van der Waals surface area contributed by atoms with Gasteiger partial charge < -0.3 is 4.74 Å². The molecule has 1 amide bonds. The van der Waals surface area contributed by atoms with Crippen LogP contribution in [-0.4, -0.2) is 26.5 Å². The summed E-state index contributed by atoms with van der Waals surface area (Å²) in [6, 6.07) is 24.1. The quantitative estimate of drug-likeness (QED) is 0.158. The number of hydrazone groups is 1. The highest BCUT2D eigenvalue weighted by Gasteiger charge is 2.14. The Morgan fingerprint density at radius 3 is 2.23 bits per heavy atom. The summed E-state index contributed by atoms with van der Waals surface area (Å²) in [7, 11) is -3.71. The fraction of sp³-hybridized carbons (Fsp3) is 0. The van der Waals surface area contributed by atoms with Crippen molar-refractivity contribution < 1.29 is 22.7 Å². The molecule has 0 fully saturated rings. The monoisotopic (exact) mass is 505 g/mol. The van der Waals surface area contributed by atoms with Crippen molar-refractivity contribution in [3.63, 3.8) is 0 Å². The first-order valence-electron chi connectivity index (χ1n) is 10.3. The van der Waals surface area contributed by atoms with Gasteiger partial charge in [0, 0.05) is 11.3 Å². The van der Waals surface area contributed by atoms with Crippen molar-refractivity contribution >= 4 is 45.1 Å². The Kier molecular flexibility index (Phi) is 7.34. The van der Waals surface area contributed by atoms with Crippen molar-refractivity contribution in [1.82, 2.24) is 5.43 Å². The lowest BCUT2D eigenvalue weighted by Crippen LogP contribution is -2.18. The van der Waals surface area contributed by atoms with E-state index in [4.69, 9.17) is 4.74 Å². The number of nitrogens with zero attached hydrogens (tertiary/aromatic N) is 1. The van der Waals surface area contributed by atoms with Crippen LogP contribution < -0.4 is 14.9 Å². The molecule has 1 heterocycles. The summed E-state index contributed by atoms with van der Waals surface area (Å²) in [6.45, 7) is 0. The van der Waals surface area contributed by atoms with E-state index in [1.807, 2.05) is 0 Å². The van der Waals surface area contributed by atoms with E-state index in [9.17, 15) is 18.0 Å². The molecule has 1 aromatic heterocycles. The second-order valence-electron chi connectivity index (χ2n) is 7.13. The molecule has 0 atom stereocenters. The maximum Gasteiger partial charge on any atom is 0.353 e. The second-order valence-corrected chi connectivity index (χ2v) is 9.76. The number of anilines is 1. The lowest BCUT2D eigenvalue weighted by atomic mass is 10.2. The summed E-state index contributed by atoms with van der Waals surface area (Å²) >= 11 is 1.30. The van der Waals surface area contributed by atoms with Crippen LogP contribution in [-0.2, 0) is 10.0 Å². The average molecular weight is 506 g/mol. The number of amides is 1. The number of thiophene rings is 1. The van der Waals surface area contributed by atoms with Gasteiger partial charge in [-0.25, -0.2) is 18.6 Å². The van der Waals surface area contributed by atoms with Gasteiger partial charge in [0.1, 0.15) is 10.6 Å². The number of nitrogens with one attached hydrogen (secondary N) is 2. The van der Waals surface area contributed by atoms with Gasteiger partial charge in [-0.15, -0.1) is 11.3 Å². The Bertz CT molecular complexity index is 1430. The van der Waals surface area contributed by atoms with E-state index in [1.165, 1.54) is 53.9 Å². The van der Waals surface area contributed by atoms with E-state index in [2.05, 4.69) is 15.2 Å². The van der Waals surface area contributed by atoms with Crippen LogP contribution in [0.1, 0.15) is 25.6 Å². The summed E-state index contributed by atoms with van der Waals surface area (Å²) in [4.78, 5) is 25.0. The SMILES string of the molecule is O=C(N/N=C/c1ccc(OC(=O)c2cccs2)cc1)c1ccc(NS(=O)(=O)c2ccccc2)cc1. The van der Waals surface area contributed by atoms with E-state index in [0.717, 1.165) is 0 Å². The Hall–Kier alpha value is -4.28. The minimum absolute atomic E-state index is 0.143. The normalized spacial score (nSPS) is 11.2. The zero-order valence-electron chi connectivity index (χ0n) is 18.1. The molecule has 8 nitrogen and oxygen atoms in total. The smallest absolute Gasteiger partial charge is 0.353 e. The summed E-state index contributed by atoms with van der Waals surface area (Å²) in [5.74, 6) is -0.486. The van der Waals surface area contributed by atoms with Crippen LogP contribution in [0.15, 0.2) is 106 Å². The number of hydrogen-bond acceptors (Lipinski definition) is 7. The average Bonchev–Trinajstić information content (AvgIpc) is 3.41. The fourth-order valence-electron chi connectivity index (χ4n) is 2.91. The van der Waals surface area contributed by atoms with Gasteiger partial charge in [0.25, 0.3) is 15.9 Å². The van der Waals surface area contributed by atoms with Crippen molar-refractivity contribution in [2.24, 2.45) is 5.10 Å². The van der Waals surface area contributed by atoms with Gasteiger partial charge in [-0.05, 0) is 77.7 Å². The minimum Gasteiger partial charge on any atom is -0.422 e. The maximum atomic E-state index is 12.4. The molecule has 0 aliphatic carbocycles. The molecule has 3 aromatic carbocycles. The first-order chi connectivity index (χ1) is 16.9. The van der Waals surface area contributed by atoms with E-state index < -0.39 is 21.9 Å². The molecule has 35 heavy (non-hydrogen) atoms. The number of rotatable bonds is 8. The summed E-state index contributed by atoms with van der Waals surface area (Å²) in [5, 5.41) is 5.73. The van der Waals surface area contributed by atoms with Crippen LogP contribution in [0.2, 0.25) is 0 Å². The molecule has 0 aliphatic rings. The molecule has 0 unspecified atom stereocenters. The lowest BCUT2D eigenvalue weighted by molar-refractivity contribution is 0.0739. The van der Waals surface area contributed by atoms with Gasteiger partial charge in [0.2, 0.25) is 0 Å². The Morgan fingerprint density at radius 1 is 0.857 bits per heavy atom. The van der Waals surface area contributed by atoms with Crippen LogP contribution in [0.25, 0.3) is 0 Å². The maximum absolute atomic E-state index is 12.4. The predicted molar refractivity (Wildman–Crippen MR) is 134 cm³/mol. The van der Waals surface area contributed by atoms with Crippen molar-refractivity contribution in [2.75, 3.05) is 4.72 Å². The van der Waals surface area contributed by atoms with Gasteiger partial charge in [0.15, 0.2) is 0 Å². The summed E-state index contributed by atoms with van der Waals surface area (Å²) in [6.07, 6.45) is 1.45. The van der Waals surface area contributed by atoms with Gasteiger partial charge >= 0.3 is 5.97 Å². The van der Waals surface area contributed by atoms with Crippen LogP contribution in [0.3, 0.4) is 0 Å². The molecule has 0 radical (unpaired) electrons.